The number of aryl methyl sites for hydroxylation is 1. The molecular formula is C12H20N4O3S. The number of rotatable bonds is 5. The van der Waals surface area contributed by atoms with Gasteiger partial charge in [-0.15, -0.1) is 0 Å². The van der Waals surface area contributed by atoms with Crippen molar-refractivity contribution < 1.29 is 12.9 Å². The van der Waals surface area contributed by atoms with Gasteiger partial charge in [0.2, 0.25) is 15.9 Å². The van der Waals surface area contributed by atoms with Gasteiger partial charge in [0.1, 0.15) is 0 Å². The first kappa shape index (κ1) is 14.0. The minimum atomic E-state index is -3.11. The van der Waals surface area contributed by atoms with Gasteiger partial charge in [0.25, 0.3) is 0 Å². The molecule has 1 aromatic heterocycles. The van der Waals surface area contributed by atoms with Crippen LogP contribution in [0.1, 0.15) is 37.4 Å². The van der Waals surface area contributed by atoms with Crippen molar-refractivity contribution >= 4 is 10.0 Å². The molecule has 1 saturated carbocycles. The Bertz CT molecular complexity index is 567. The van der Waals surface area contributed by atoms with Crippen molar-refractivity contribution in [1.82, 2.24) is 19.8 Å². The molecule has 0 amide bonds. The predicted octanol–water partition coefficient (Wildman–Crippen LogP) is 0.424. The molecule has 1 aliphatic heterocycles. The van der Waals surface area contributed by atoms with E-state index in [4.69, 9.17) is 4.52 Å². The normalized spacial score (nSPS) is 24.9. The summed E-state index contributed by atoms with van der Waals surface area (Å²) in [5.74, 6) is 1.22. The van der Waals surface area contributed by atoms with Crippen molar-refractivity contribution in [2.75, 3.05) is 13.1 Å². The van der Waals surface area contributed by atoms with Gasteiger partial charge in [-0.25, -0.2) is 13.1 Å². The lowest BCUT2D eigenvalue weighted by atomic mass is 10.1. The fourth-order valence-electron chi connectivity index (χ4n) is 2.60. The van der Waals surface area contributed by atoms with E-state index in [0.717, 1.165) is 32.2 Å². The quantitative estimate of drug-likeness (QED) is 0.848. The zero-order chi connectivity index (χ0) is 14.2. The summed E-state index contributed by atoms with van der Waals surface area (Å²) in [6.07, 6.45) is 3.47. The van der Waals surface area contributed by atoms with Gasteiger partial charge in [0, 0.05) is 12.6 Å². The lowest BCUT2D eigenvalue weighted by Gasteiger charge is -2.31. The maximum Gasteiger partial charge on any atom is 0.240 e. The van der Waals surface area contributed by atoms with Crippen LogP contribution in [-0.2, 0) is 16.6 Å². The molecule has 20 heavy (non-hydrogen) atoms. The Labute approximate surface area is 118 Å². The lowest BCUT2D eigenvalue weighted by molar-refractivity contribution is 0.172. The van der Waals surface area contributed by atoms with Gasteiger partial charge in [0.15, 0.2) is 5.82 Å². The first-order chi connectivity index (χ1) is 9.53. The molecule has 1 N–H and O–H groups in total. The fraction of sp³-hybridized carbons (Fsp3) is 0.833. The highest BCUT2D eigenvalue weighted by molar-refractivity contribution is 7.90. The van der Waals surface area contributed by atoms with E-state index >= 15 is 0 Å². The third-order valence-electron chi connectivity index (χ3n) is 3.73. The van der Waals surface area contributed by atoms with E-state index in [0.29, 0.717) is 24.8 Å². The largest absolute Gasteiger partial charge is 0.338 e. The van der Waals surface area contributed by atoms with Crippen molar-refractivity contribution in [1.29, 1.82) is 0 Å². The van der Waals surface area contributed by atoms with Crippen molar-refractivity contribution in [2.45, 2.75) is 50.4 Å². The molecule has 1 atom stereocenters. The molecule has 7 nitrogen and oxygen atoms in total. The Morgan fingerprint density at radius 1 is 1.40 bits per heavy atom. The van der Waals surface area contributed by atoms with E-state index in [1.54, 1.807) is 6.92 Å². The molecule has 2 fully saturated rings. The predicted molar refractivity (Wildman–Crippen MR) is 72.4 cm³/mol. The summed E-state index contributed by atoms with van der Waals surface area (Å²) in [4.78, 5) is 6.35. The van der Waals surface area contributed by atoms with Gasteiger partial charge < -0.3 is 4.52 Å². The van der Waals surface area contributed by atoms with Crippen LogP contribution in [0.3, 0.4) is 0 Å². The van der Waals surface area contributed by atoms with Gasteiger partial charge in [-0.05, 0) is 39.2 Å². The number of hydrogen-bond acceptors (Lipinski definition) is 6. The van der Waals surface area contributed by atoms with E-state index in [1.165, 1.54) is 0 Å². The molecule has 0 bridgehead atoms. The lowest BCUT2D eigenvalue weighted by Crippen LogP contribution is -2.48. The van der Waals surface area contributed by atoms with E-state index in [-0.39, 0.29) is 11.3 Å². The molecule has 8 heteroatoms. The van der Waals surface area contributed by atoms with Crippen LogP contribution in [0.15, 0.2) is 4.52 Å². The Morgan fingerprint density at radius 3 is 2.85 bits per heavy atom. The average Bonchev–Trinajstić information content (AvgIpc) is 3.15. The van der Waals surface area contributed by atoms with Gasteiger partial charge in [0.05, 0.1) is 11.8 Å². The molecule has 112 valence electrons. The first-order valence-electron chi connectivity index (χ1n) is 7.05. The number of aromatic nitrogens is 2. The molecule has 0 radical (unpaired) electrons. The topological polar surface area (TPSA) is 88.3 Å². The summed E-state index contributed by atoms with van der Waals surface area (Å²) >= 11 is 0. The van der Waals surface area contributed by atoms with Crippen LogP contribution in [0.2, 0.25) is 0 Å². The highest BCUT2D eigenvalue weighted by atomic mass is 32.2. The highest BCUT2D eigenvalue weighted by Crippen LogP contribution is 2.28. The van der Waals surface area contributed by atoms with Crippen LogP contribution in [0, 0.1) is 6.92 Å². The zero-order valence-electron chi connectivity index (χ0n) is 11.6. The van der Waals surface area contributed by atoms with Crippen molar-refractivity contribution in [2.24, 2.45) is 0 Å². The number of piperidine rings is 1. The van der Waals surface area contributed by atoms with E-state index in [9.17, 15) is 8.42 Å². The Morgan fingerprint density at radius 2 is 2.20 bits per heavy atom. The Hall–Kier alpha value is -0.990. The number of hydrogen-bond donors (Lipinski definition) is 1. The molecule has 1 aromatic rings. The second kappa shape index (κ2) is 5.42. The van der Waals surface area contributed by atoms with Crippen LogP contribution in [0.25, 0.3) is 0 Å². The van der Waals surface area contributed by atoms with Crippen molar-refractivity contribution in [3.8, 4) is 0 Å². The second-order valence-electron chi connectivity index (χ2n) is 5.67. The smallest absolute Gasteiger partial charge is 0.240 e. The van der Waals surface area contributed by atoms with Crippen LogP contribution < -0.4 is 4.72 Å². The van der Waals surface area contributed by atoms with Crippen LogP contribution in [0.4, 0.5) is 0 Å². The molecule has 2 heterocycles. The average molecular weight is 300 g/mol. The maximum atomic E-state index is 12.0. The third-order valence-corrected chi connectivity index (χ3v) is 5.74. The molecule has 0 aromatic carbocycles. The number of sulfonamides is 1. The summed E-state index contributed by atoms with van der Waals surface area (Å²) in [5, 5.41) is 3.61. The maximum absolute atomic E-state index is 12.0. The number of likely N-dealkylation sites (tertiary alicyclic amines) is 1. The molecule has 2 aliphatic rings. The van der Waals surface area contributed by atoms with E-state index < -0.39 is 10.0 Å². The zero-order valence-corrected chi connectivity index (χ0v) is 12.4. The van der Waals surface area contributed by atoms with E-state index in [1.807, 2.05) is 0 Å². The van der Waals surface area contributed by atoms with Crippen LogP contribution >= 0.6 is 0 Å². The van der Waals surface area contributed by atoms with Gasteiger partial charge in [-0.3, -0.25) is 4.90 Å². The summed E-state index contributed by atoms with van der Waals surface area (Å²) in [6.45, 7) is 4.01. The van der Waals surface area contributed by atoms with Gasteiger partial charge >= 0.3 is 0 Å². The molecular weight excluding hydrogens is 280 g/mol. The van der Waals surface area contributed by atoms with Crippen LogP contribution in [0.5, 0.6) is 0 Å². The molecule has 1 unspecified atom stereocenters. The number of nitrogens with zero attached hydrogens (tertiary/aromatic N) is 3. The summed E-state index contributed by atoms with van der Waals surface area (Å²) in [6, 6.07) is -0.00151. The Kier molecular flexibility index (Phi) is 3.78. The van der Waals surface area contributed by atoms with Gasteiger partial charge in [-0.1, -0.05) is 5.16 Å². The standard InChI is InChI=1S/C12H20N4O3S/c1-9-13-12(19-14-9)8-16-6-2-3-10(7-16)15-20(17,18)11-4-5-11/h10-11,15H,2-8H2,1H3. The van der Waals surface area contributed by atoms with Gasteiger partial charge in [-0.2, -0.15) is 4.98 Å². The molecule has 0 spiro atoms. The van der Waals surface area contributed by atoms with Crippen molar-refractivity contribution in [3.05, 3.63) is 11.7 Å². The fourth-order valence-corrected chi connectivity index (χ4v) is 4.20. The second-order valence-corrected chi connectivity index (χ2v) is 7.66. The third kappa shape index (κ3) is 3.36. The summed E-state index contributed by atoms with van der Waals surface area (Å²) in [7, 11) is -3.11. The molecule has 1 aliphatic carbocycles. The monoisotopic (exact) mass is 300 g/mol. The Balaban J connectivity index is 1.56. The first-order valence-corrected chi connectivity index (χ1v) is 8.60. The minimum absolute atomic E-state index is 0.00151. The summed E-state index contributed by atoms with van der Waals surface area (Å²) in [5.41, 5.74) is 0. The number of nitrogens with one attached hydrogen (secondary N) is 1. The van der Waals surface area contributed by atoms with Crippen molar-refractivity contribution in [3.63, 3.8) is 0 Å². The van der Waals surface area contributed by atoms with E-state index in [2.05, 4.69) is 19.8 Å². The summed E-state index contributed by atoms with van der Waals surface area (Å²) < 4.78 is 31.9. The molecule has 1 saturated heterocycles. The van der Waals surface area contributed by atoms with Crippen LogP contribution in [-0.4, -0.2) is 47.8 Å². The SMILES string of the molecule is Cc1noc(CN2CCCC(NS(=O)(=O)C3CC3)C2)n1. The molecule has 3 rings (SSSR count). The highest BCUT2D eigenvalue weighted by Gasteiger charge is 2.37. The minimum Gasteiger partial charge on any atom is -0.338 e.